The summed E-state index contributed by atoms with van der Waals surface area (Å²) in [5.41, 5.74) is 6.32. The van der Waals surface area contributed by atoms with Gasteiger partial charge in [-0.2, -0.15) is 0 Å². The molecule has 2 heteroatoms. The van der Waals surface area contributed by atoms with Crippen molar-refractivity contribution in [2.45, 2.75) is 20.3 Å². The third-order valence-electron chi connectivity index (χ3n) is 3.50. The van der Waals surface area contributed by atoms with Crippen LogP contribution in [0.2, 0.25) is 0 Å². The zero-order valence-electron chi connectivity index (χ0n) is 10.7. The van der Waals surface area contributed by atoms with Crippen molar-refractivity contribution in [1.82, 2.24) is 9.97 Å². The van der Waals surface area contributed by atoms with E-state index in [0.717, 1.165) is 12.1 Å². The summed E-state index contributed by atoms with van der Waals surface area (Å²) in [5, 5.41) is 1.22. The standard InChI is InChI=1S/C16H16N2/c1-11-5-6-13(8-12(11)2)9-14-10-18-16-15(14)4-3-7-17-16/h3-8,10H,9H2,1-2H3,(H,17,18). The normalized spacial score (nSPS) is 11.0. The molecule has 3 aromatic rings. The van der Waals surface area contributed by atoms with Crippen molar-refractivity contribution in [2.75, 3.05) is 0 Å². The van der Waals surface area contributed by atoms with Gasteiger partial charge in [-0.25, -0.2) is 4.98 Å². The number of aromatic amines is 1. The number of nitrogens with zero attached hydrogens (tertiary/aromatic N) is 1. The van der Waals surface area contributed by atoms with Crippen molar-refractivity contribution < 1.29 is 0 Å². The SMILES string of the molecule is Cc1ccc(Cc2c[nH]c3ncccc23)cc1C. The molecule has 0 aliphatic carbocycles. The van der Waals surface area contributed by atoms with E-state index in [-0.39, 0.29) is 0 Å². The fourth-order valence-corrected chi connectivity index (χ4v) is 2.29. The van der Waals surface area contributed by atoms with Crippen molar-refractivity contribution in [1.29, 1.82) is 0 Å². The van der Waals surface area contributed by atoms with E-state index in [4.69, 9.17) is 0 Å². The molecule has 2 aromatic heterocycles. The maximum atomic E-state index is 4.32. The maximum absolute atomic E-state index is 4.32. The number of aromatic nitrogens is 2. The van der Waals surface area contributed by atoms with Crippen molar-refractivity contribution in [3.05, 3.63) is 65.0 Å². The molecule has 0 aliphatic rings. The molecule has 0 aliphatic heterocycles. The van der Waals surface area contributed by atoms with Crippen LogP contribution in [0.1, 0.15) is 22.3 Å². The van der Waals surface area contributed by atoms with Crippen LogP contribution < -0.4 is 0 Å². The van der Waals surface area contributed by atoms with Gasteiger partial charge >= 0.3 is 0 Å². The van der Waals surface area contributed by atoms with Gasteiger partial charge in [0.2, 0.25) is 0 Å². The molecular formula is C16H16N2. The molecule has 2 heterocycles. The number of fused-ring (bicyclic) bond motifs is 1. The molecule has 0 amide bonds. The first-order chi connectivity index (χ1) is 8.74. The predicted octanol–water partition coefficient (Wildman–Crippen LogP) is 3.77. The minimum Gasteiger partial charge on any atom is -0.346 e. The van der Waals surface area contributed by atoms with Gasteiger partial charge in [-0.15, -0.1) is 0 Å². The lowest BCUT2D eigenvalue weighted by Crippen LogP contribution is -1.89. The average Bonchev–Trinajstić information content (AvgIpc) is 2.78. The summed E-state index contributed by atoms with van der Waals surface area (Å²) in [4.78, 5) is 7.54. The lowest BCUT2D eigenvalue weighted by atomic mass is 10.0. The number of H-pyrrole nitrogens is 1. The molecule has 2 nitrogen and oxygen atoms in total. The maximum Gasteiger partial charge on any atom is 0.137 e. The Labute approximate surface area is 107 Å². The van der Waals surface area contributed by atoms with E-state index in [1.165, 1.54) is 27.6 Å². The van der Waals surface area contributed by atoms with Gasteiger partial charge in [-0.3, -0.25) is 0 Å². The Balaban J connectivity index is 1.98. The lowest BCUT2D eigenvalue weighted by Gasteiger charge is -2.04. The molecule has 1 aromatic carbocycles. The number of pyridine rings is 1. The van der Waals surface area contributed by atoms with Crippen LogP contribution in [-0.4, -0.2) is 9.97 Å². The Morgan fingerprint density at radius 1 is 1.11 bits per heavy atom. The Morgan fingerprint density at radius 3 is 2.83 bits per heavy atom. The van der Waals surface area contributed by atoms with Crippen molar-refractivity contribution in [3.63, 3.8) is 0 Å². The van der Waals surface area contributed by atoms with E-state index in [2.05, 4.69) is 54.3 Å². The van der Waals surface area contributed by atoms with Crippen LogP contribution in [0.5, 0.6) is 0 Å². The highest BCUT2D eigenvalue weighted by Gasteiger charge is 2.05. The molecule has 0 saturated heterocycles. The third kappa shape index (κ3) is 1.90. The van der Waals surface area contributed by atoms with Crippen LogP contribution in [0.15, 0.2) is 42.7 Å². The van der Waals surface area contributed by atoms with Gasteiger partial charge in [-0.05, 0) is 54.7 Å². The highest BCUT2D eigenvalue weighted by atomic mass is 14.8. The number of aryl methyl sites for hydroxylation is 2. The molecule has 0 radical (unpaired) electrons. The van der Waals surface area contributed by atoms with Crippen molar-refractivity contribution in [3.8, 4) is 0 Å². The highest BCUT2D eigenvalue weighted by Crippen LogP contribution is 2.20. The minimum atomic E-state index is 0.951. The van der Waals surface area contributed by atoms with Gasteiger partial charge < -0.3 is 4.98 Å². The van der Waals surface area contributed by atoms with Crippen molar-refractivity contribution in [2.24, 2.45) is 0 Å². The Bertz CT molecular complexity index is 695. The summed E-state index contributed by atoms with van der Waals surface area (Å²) in [7, 11) is 0. The van der Waals surface area contributed by atoms with E-state index in [1.54, 1.807) is 0 Å². The van der Waals surface area contributed by atoms with Crippen LogP contribution in [0, 0.1) is 13.8 Å². The van der Waals surface area contributed by atoms with E-state index in [9.17, 15) is 0 Å². The van der Waals surface area contributed by atoms with Crippen LogP contribution in [-0.2, 0) is 6.42 Å². The molecule has 90 valence electrons. The second kappa shape index (κ2) is 4.30. The van der Waals surface area contributed by atoms with Crippen LogP contribution in [0.4, 0.5) is 0 Å². The number of hydrogen-bond donors (Lipinski definition) is 1. The lowest BCUT2D eigenvalue weighted by molar-refractivity contribution is 1.18. The monoisotopic (exact) mass is 236 g/mol. The smallest absolute Gasteiger partial charge is 0.137 e. The molecule has 0 bridgehead atoms. The molecule has 1 N–H and O–H groups in total. The minimum absolute atomic E-state index is 0.951. The molecule has 0 atom stereocenters. The predicted molar refractivity (Wildman–Crippen MR) is 74.8 cm³/mol. The second-order valence-electron chi connectivity index (χ2n) is 4.81. The van der Waals surface area contributed by atoms with E-state index < -0.39 is 0 Å². The van der Waals surface area contributed by atoms with E-state index in [1.807, 2.05) is 12.3 Å². The Morgan fingerprint density at radius 2 is 2.00 bits per heavy atom. The fourth-order valence-electron chi connectivity index (χ4n) is 2.29. The van der Waals surface area contributed by atoms with E-state index in [0.29, 0.717) is 0 Å². The summed E-state index contributed by atoms with van der Waals surface area (Å²) < 4.78 is 0. The van der Waals surface area contributed by atoms with Crippen molar-refractivity contribution >= 4 is 11.0 Å². The third-order valence-corrected chi connectivity index (χ3v) is 3.50. The summed E-state index contributed by atoms with van der Waals surface area (Å²) in [6, 6.07) is 10.8. The highest BCUT2D eigenvalue weighted by molar-refractivity contribution is 5.79. The first-order valence-corrected chi connectivity index (χ1v) is 6.21. The summed E-state index contributed by atoms with van der Waals surface area (Å²) in [6.45, 7) is 4.31. The summed E-state index contributed by atoms with van der Waals surface area (Å²) in [6.07, 6.45) is 4.83. The summed E-state index contributed by atoms with van der Waals surface area (Å²) >= 11 is 0. The average molecular weight is 236 g/mol. The van der Waals surface area contributed by atoms with Gasteiger partial charge in [0, 0.05) is 17.8 Å². The zero-order valence-corrected chi connectivity index (χ0v) is 10.7. The van der Waals surface area contributed by atoms with Gasteiger partial charge in [0.1, 0.15) is 5.65 Å². The van der Waals surface area contributed by atoms with Gasteiger partial charge in [0.05, 0.1) is 0 Å². The van der Waals surface area contributed by atoms with E-state index >= 15 is 0 Å². The number of benzene rings is 1. The van der Waals surface area contributed by atoms with Crippen LogP contribution in [0.3, 0.4) is 0 Å². The molecule has 0 spiro atoms. The fraction of sp³-hybridized carbons (Fsp3) is 0.188. The van der Waals surface area contributed by atoms with Crippen LogP contribution in [0.25, 0.3) is 11.0 Å². The first kappa shape index (κ1) is 11.0. The second-order valence-corrected chi connectivity index (χ2v) is 4.81. The summed E-state index contributed by atoms with van der Waals surface area (Å²) in [5.74, 6) is 0. The van der Waals surface area contributed by atoms with Gasteiger partial charge in [-0.1, -0.05) is 18.2 Å². The molecule has 0 saturated carbocycles. The van der Waals surface area contributed by atoms with Gasteiger partial charge in [0.25, 0.3) is 0 Å². The molecule has 0 fully saturated rings. The Hall–Kier alpha value is -2.09. The Kier molecular flexibility index (Phi) is 2.63. The van der Waals surface area contributed by atoms with Gasteiger partial charge in [0.15, 0.2) is 0 Å². The number of nitrogens with one attached hydrogen (secondary N) is 1. The first-order valence-electron chi connectivity index (χ1n) is 6.21. The number of hydrogen-bond acceptors (Lipinski definition) is 1. The molecule has 0 unspecified atom stereocenters. The number of rotatable bonds is 2. The molecule has 18 heavy (non-hydrogen) atoms. The molecular weight excluding hydrogens is 220 g/mol. The topological polar surface area (TPSA) is 28.7 Å². The quantitative estimate of drug-likeness (QED) is 0.721. The van der Waals surface area contributed by atoms with Crippen LogP contribution >= 0.6 is 0 Å². The zero-order chi connectivity index (χ0) is 12.5. The molecule has 3 rings (SSSR count). The largest absolute Gasteiger partial charge is 0.346 e.